The number of benzene rings is 1. The van der Waals surface area contributed by atoms with E-state index < -0.39 is 0 Å². The van der Waals surface area contributed by atoms with Crippen molar-refractivity contribution < 1.29 is 0 Å². The summed E-state index contributed by atoms with van der Waals surface area (Å²) in [5.41, 5.74) is 0.895. The third-order valence-electron chi connectivity index (χ3n) is 2.00. The summed E-state index contributed by atoms with van der Waals surface area (Å²) in [5.74, 6) is 0.897. The van der Waals surface area contributed by atoms with Crippen molar-refractivity contribution in [2.45, 2.75) is 6.92 Å². The molecule has 2 aromatic rings. The number of hydrogen-bond acceptors (Lipinski definition) is 1. The molecule has 1 heterocycles. The Bertz CT molecular complexity index is 463. The molecule has 72 valence electrons. The molecule has 0 aliphatic carbocycles. The standard InChI is InChI=1S/C10H8Cl2N2/c1-7-13-4-5-14(7)10-3-2-8(11)6-9(10)12/h2-6H,1H3. The van der Waals surface area contributed by atoms with Gasteiger partial charge in [-0.2, -0.15) is 0 Å². The summed E-state index contributed by atoms with van der Waals surface area (Å²) in [7, 11) is 0. The zero-order valence-corrected chi connectivity index (χ0v) is 9.05. The number of nitrogens with zero attached hydrogens (tertiary/aromatic N) is 2. The quantitative estimate of drug-likeness (QED) is 0.729. The summed E-state index contributed by atoms with van der Waals surface area (Å²) in [5, 5.41) is 1.26. The van der Waals surface area contributed by atoms with Crippen LogP contribution in [0.5, 0.6) is 0 Å². The van der Waals surface area contributed by atoms with Gasteiger partial charge in [0.25, 0.3) is 0 Å². The van der Waals surface area contributed by atoms with Crippen LogP contribution < -0.4 is 0 Å². The number of rotatable bonds is 1. The van der Waals surface area contributed by atoms with Crippen LogP contribution in [0, 0.1) is 6.92 Å². The molecular formula is C10H8Cl2N2. The fraction of sp³-hybridized carbons (Fsp3) is 0.100. The molecule has 0 amide bonds. The Morgan fingerprint density at radius 2 is 2.07 bits per heavy atom. The molecular weight excluding hydrogens is 219 g/mol. The Balaban J connectivity index is 2.58. The third-order valence-corrected chi connectivity index (χ3v) is 2.53. The van der Waals surface area contributed by atoms with Crippen molar-refractivity contribution in [3.05, 3.63) is 46.5 Å². The highest BCUT2D eigenvalue weighted by atomic mass is 35.5. The van der Waals surface area contributed by atoms with Crippen LogP contribution in [-0.2, 0) is 0 Å². The van der Waals surface area contributed by atoms with Crippen LogP contribution in [0.25, 0.3) is 5.69 Å². The summed E-state index contributed by atoms with van der Waals surface area (Å²) in [6.07, 6.45) is 3.60. The van der Waals surface area contributed by atoms with Crippen LogP contribution in [0.3, 0.4) is 0 Å². The average Bonchev–Trinajstić information content (AvgIpc) is 2.52. The van der Waals surface area contributed by atoms with Crippen LogP contribution >= 0.6 is 23.2 Å². The zero-order valence-electron chi connectivity index (χ0n) is 7.54. The average molecular weight is 227 g/mol. The monoisotopic (exact) mass is 226 g/mol. The number of hydrogen-bond donors (Lipinski definition) is 0. The third kappa shape index (κ3) is 1.63. The van der Waals surface area contributed by atoms with E-state index in [2.05, 4.69) is 4.98 Å². The highest BCUT2D eigenvalue weighted by Crippen LogP contribution is 2.24. The van der Waals surface area contributed by atoms with Gasteiger partial charge in [-0.05, 0) is 25.1 Å². The lowest BCUT2D eigenvalue weighted by Crippen LogP contribution is -1.95. The summed E-state index contributed by atoms with van der Waals surface area (Å²) < 4.78 is 1.92. The molecule has 0 N–H and O–H groups in total. The van der Waals surface area contributed by atoms with E-state index in [1.165, 1.54) is 0 Å². The molecule has 1 aromatic carbocycles. The SMILES string of the molecule is Cc1nccn1-c1ccc(Cl)cc1Cl. The van der Waals surface area contributed by atoms with Gasteiger partial charge in [0.05, 0.1) is 10.7 Å². The number of aromatic nitrogens is 2. The summed E-state index contributed by atoms with van der Waals surface area (Å²) in [4.78, 5) is 4.13. The lowest BCUT2D eigenvalue weighted by molar-refractivity contribution is 0.975. The second-order valence-corrected chi connectivity index (χ2v) is 3.78. The molecule has 4 heteroatoms. The van der Waals surface area contributed by atoms with Crippen molar-refractivity contribution in [1.29, 1.82) is 0 Å². The highest BCUT2D eigenvalue weighted by molar-refractivity contribution is 6.35. The molecule has 0 spiro atoms. The molecule has 2 nitrogen and oxygen atoms in total. The van der Waals surface area contributed by atoms with Crippen LogP contribution in [0.2, 0.25) is 10.0 Å². The van der Waals surface area contributed by atoms with Gasteiger partial charge in [-0.3, -0.25) is 0 Å². The lowest BCUT2D eigenvalue weighted by Gasteiger charge is -2.07. The number of halogens is 2. The van der Waals surface area contributed by atoms with Crippen molar-refractivity contribution in [2.75, 3.05) is 0 Å². The van der Waals surface area contributed by atoms with E-state index in [4.69, 9.17) is 23.2 Å². The van der Waals surface area contributed by atoms with Gasteiger partial charge < -0.3 is 4.57 Å². The van der Waals surface area contributed by atoms with E-state index in [1.54, 1.807) is 12.3 Å². The first-order chi connectivity index (χ1) is 6.68. The van der Waals surface area contributed by atoms with Gasteiger partial charge in [-0.1, -0.05) is 23.2 Å². The predicted molar refractivity (Wildman–Crippen MR) is 58.3 cm³/mol. The molecule has 0 saturated heterocycles. The summed E-state index contributed by atoms with van der Waals surface area (Å²) in [6.45, 7) is 1.92. The van der Waals surface area contributed by atoms with Gasteiger partial charge in [0, 0.05) is 17.4 Å². The van der Waals surface area contributed by atoms with E-state index in [1.807, 2.05) is 29.8 Å². The number of aryl methyl sites for hydroxylation is 1. The molecule has 0 atom stereocenters. The second kappa shape index (κ2) is 3.64. The van der Waals surface area contributed by atoms with Crippen LogP contribution in [0.4, 0.5) is 0 Å². The molecule has 0 bridgehead atoms. The minimum Gasteiger partial charge on any atom is -0.302 e. The maximum Gasteiger partial charge on any atom is 0.110 e. The Morgan fingerprint density at radius 3 is 2.64 bits per heavy atom. The summed E-state index contributed by atoms with van der Waals surface area (Å²) >= 11 is 11.9. The predicted octanol–water partition coefficient (Wildman–Crippen LogP) is 3.49. The van der Waals surface area contributed by atoms with Crippen molar-refractivity contribution in [2.24, 2.45) is 0 Å². The van der Waals surface area contributed by atoms with E-state index >= 15 is 0 Å². The fourth-order valence-corrected chi connectivity index (χ4v) is 1.81. The first kappa shape index (κ1) is 9.56. The second-order valence-electron chi connectivity index (χ2n) is 2.94. The topological polar surface area (TPSA) is 17.8 Å². The van der Waals surface area contributed by atoms with Gasteiger partial charge in [0.1, 0.15) is 5.82 Å². The molecule has 0 radical (unpaired) electrons. The summed E-state index contributed by atoms with van der Waals surface area (Å²) in [6, 6.07) is 5.40. The molecule has 1 aromatic heterocycles. The molecule has 0 aliphatic heterocycles. The molecule has 0 saturated carbocycles. The number of imidazole rings is 1. The Labute approximate surface area is 92.1 Å². The normalized spacial score (nSPS) is 10.5. The Hall–Kier alpha value is -0.990. The first-order valence-electron chi connectivity index (χ1n) is 4.14. The molecule has 0 fully saturated rings. The minimum atomic E-state index is 0.624. The van der Waals surface area contributed by atoms with E-state index in [9.17, 15) is 0 Å². The van der Waals surface area contributed by atoms with Crippen LogP contribution in [-0.4, -0.2) is 9.55 Å². The van der Waals surface area contributed by atoms with Gasteiger partial charge in [0.15, 0.2) is 0 Å². The first-order valence-corrected chi connectivity index (χ1v) is 4.89. The molecule has 0 unspecified atom stereocenters. The Kier molecular flexibility index (Phi) is 2.48. The van der Waals surface area contributed by atoms with Gasteiger partial charge in [0.2, 0.25) is 0 Å². The van der Waals surface area contributed by atoms with E-state index in [-0.39, 0.29) is 0 Å². The molecule has 0 aliphatic rings. The zero-order chi connectivity index (χ0) is 10.1. The smallest absolute Gasteiger partial charge is 0.110 e. The molecule has 14 heavy (non-hydrogen) atoms. The van der Waals surface area contributed by atoms with Gasteiger partial charge >= 0.3 is 0 Å². The highest BCUT2D eigenvalue weighted by Gasteiger charge is 2.05. The lowest BCUT2D eigenvalue weighted by atomic mass is 10.3. The van der Waals surface area contributed by atoms with Crippen molar-refractivity contribution >= 4 is 23.2 Å². The van der Waals surface area contributed by atoms with Crippen LogP contribution in [0.15, 0.2) is 30.6 Å². The fourth-order valence-electron chi connectivity index (χ4n) is 1.31. The Morgan fingerprint density at radius 1 is 1.29 bits per heavy atom. The van der Waals surface area contributed by atoms with Gasteiger partial charge in [-0.15, -0.1) is 0 Å². The van der Waals surface area contributed by atoms with E-state index in [0.717, 1.165) is 11.5 Å². The van der Waals surface area contributed by atoms with Gasteiger partial charge in [-0.25, -0.2) is 4.98 Å². The van der Waals surface area contributed by atoms with E-state index in [0.29, 0.717) is 10.0 Å². The minimum absolute atomic E-state index is 0.624. The molecule has 2 rings (SSSR count). The van der Waals surface area contributed by atoms with Crippen LogP contribution in [0.1, 0.15) is 5.82 Å². The van der Waals surface area contributed by atoms with Crippen molar-refractivity contribution in [3.63, 3.8) is 0 Å². The largest absolute Gasteiger partial charge is 0.302 e. The van der Waals surface area contributed by atoms with Crippen molar-refractivity contribution in [3.8, 4) is 5.69 Å². The maximum atomic E-state index is 6.06. The van der Waals surface area contributed by atoms with Crippen molar-refractivity contribution in [1.82, 2.24) is 9.55 Å². The maximum absolute atomic E-state index is 6.06.